The van der Waals surface area contributed by atoms with Crippen LogP contribution < -0.4 is 5.32 Å². The van der Waals surface area contributed by atoms with Crippen LogP contribution in [0, 0.1) is 0 Å². The number of aliphatic hydroxyl groups is 1. The molecule has 0 heterocycles. The topological polar surface area (TPSA) is 49.3 Å². The number of hydrogen-bond donors (Lipinski definition) is 2. The molecule has 0 spiro atoms. The average Bonchev–Trinajstić information content (AvgIpc) is 2.15. The number of para-hydroxylation sites is 1. The molecule has 94 valence electrons. The fourth-order valence-electron chi connectivity index (χ4n) is 1.11. The van der Waals surface area contributed by atoms with Crippen LogP contribution in [0.15, 0.2) is 24.3 Å². The molecule has 6 heteroatoms. The van der Waals surface area contributed by atoms with Crippen molar-refractivity contribution in [2.45, 2.75) is 25.6 Å². The molecule has 0 aliphatic rings. The zero-order chi connectivity index (χ0) is 13.3. The molecular weight excluding hydrogens is 235 g/mol. The number of halogens is 3. The van der Waals surface area contributed by atoms with Crippen molar-refractivity contribution in [1.82, 2.24) is 0 Å². The summed E-state index contributed by atoms with van der Waals surface area (Å²) in [5, 5.41) is 11.4. The van der Waals surface area contributed by atoms with Crippen LogP contribution in [0.1, 0.15) is 19.4 Å². The molecule has 2 N–H and O–H groups in total. The first-order chi connectivity index (χ1) is 7.62. The molecular formula is C11H12F3NO2. The Morgan fingerprint density at radius 2 is 1.76 bits per heavy atom. The highest BCUT2D eigenvalue weighted by atomic mass is 19.4. The van der Waals surface area contributed by atoms with Crippen LogP contribution in [0.2, 0.25) is 0 Å². The molecule has 0 aliphatic heterocycles. The molecule has 0 aliphatic carbocycles. The first-order valence-electron chi connectivity index (χ1n) is 4.82. The molecule has 0 bridgehead atoms. The Balaban J connectivity index is 3.04. The second-order valence-electron chi connectivity index (χ2n) is 4.06. The summed E-state index contributed by atoms with van der Waals surface area (Å²) in [5.41, 5.74) is -3.05. The van der Waals surface area contributed by atoms with Gasteiger partial charge in [0.2, 0.25) is 0 Å². The Morgan fingerprint density at radius 3 is 2.24 bits per heavy atom. The van der Waals surface area contributed by atoms with Crippen LogP contribution in [0.25, 0.3) is 0 Å². The van der Waals surface area contributed by atoms with Crippen molar-refractivity contribution < 1.29 is 23.1 Å². The Kier molecular flexibility index (Phi) is 3.47. The molecule has 17 heavy (non-hydrogen) atoms. The molecule has 1 aromatic carbocycles. The number of rotatable bonds is 2. The highest BCUT2D eigenvalue weighted by Gasteiger charge is 2.34. The van der Waals surface area contributed by atoms with Crippen molar-refractivity contribution >= 4 is 11.6 Å². The quantitative estimate of drug-likeness (QED) is 0.843. The number of alkyl halides is 3. The molecule has 1 aromatic rings. The predicted octanol–water partition coefficient (Wildman–Crippen LogP) is 2.41. The molecule has 1 amide bonds. The summed E-state index contributed by atoms with van der Waals surface area (Å²) in [5.74, 6) is -0.894. The number of carbonyl (C=O) groups excluding carboxylic acids is 1. The molecule has 0 saturated carbocycles. The van der Waals surface area contributed by atoms with E-state index in [2.05, 4.69) is 0 Å². The zero-order valence-electron chi connectivity index (χ0n) is 9.30. The van der Waals surface area contributed by atoms with Crippen molar-refractivity contribution in [3.8, 4) is 0 Å². The molecule has 1 rings (SSSR count). The van der Waals surface area contributed by atoms with Gasteiger partial charge in [0.1, 0.15) is 5.60 Å². The maximum Gasteiger partial charge on any atom is 0.418 e. The van der Waals surface area contributed by atoms with Crippen molar-refractivity contribution in [3.63, 3.8) is 0 Å². The summed E-state index contributed by atoms with van der Waals surface area (Å²) in [7, 11) is 0. The maximum absolute atomic E-state index is 12.6. The lowest BCUT2D eigenvalue weighted by Gasteiger charge is -2.19. The summed E-state index contributed by atoms with van der Waals surface area (Å²) in [6.45, 7) is 2.39. The van der Waals surface area contributed by atoms with E-state index in [1.54, 1.807) is 0 Å². The van der Waals surface area contributed by atoms with Gasteiger partial charge in [-0.25, -0.2) is 0 Å². The summed E-state index contributed by atoms with van der Waals surface area (Å²) in [4.78, 5) is 11.4. The first kappa shape index (κ1) is 13.5. The Morgan fingerprint density at radius 1 is 1.24 bits per heavy atom. The van der Waals surface area contributed by atoms with Crippen LogP contribution in [-0.4, -0.2) is 16.6 Å². The normalized spacial score (nSPS) is 12.4. The minimum Gasteiger partial charge on any atom is -0.381 e. The number of carbonyl (C=O) groups is 1. The summed E-state index contributed by atoms with van der Waals surface area (Å²) < 4.78 is 37.7. The highest BCUT2D eigenvalue weighted by molar-refractivity contribution is 5.97. The van der Waals surface area contributed by atoms with Crippen molar-refractivity contribution in [2.75, 3.05) is 5.32 Å². The van der Waals surface area contributed by atoms with Crippen LogP contribution in [-0.2, 0) is 11.0 Å². The van der Waals surface area contributed by atoms with E-state index in [0.29, 0.717) is 0 Å². The van der Waals surface area contributed by atoms with E-state index in [-0.39, 0.29) is 5.69 Å². The fraction of sp³-hybridized carbons (Fsp3) is 0.364. The standard InChI is InChI=1S/C11H12F3NO2/c1-10(2,17)9(16)15-8-6-4-3-5-7(8)11(12,13)14/h3-6,17H,1-2H3,(H,15,16). The van der Waals surface area contributed by atoms with Crippen LogP contribution >= 0.6 is 0 Å². The average molecular weight is 247 g/mol. The van der Waals surface area contributed by atoms with Gasteiger partial charge in [0.05, 0.1) is 11.3 Å². The Bertz CT molecular complexity index is 421. The van der Waals surface area contributed by atoms with Crippen LogP contribution in [0.4, 0.5) is 18.9 Å². The third-order valence-corrected chi connectivity index (χ3v) is 2.04. The fourth-order valence-corrected chi connectivity index (χ4v) is 1.11. The first-order valence-corrected chi connectivity index (χ1v) is 4.82. The van der Waals surface area contributed by atoms with Crippen molar-refractivity contribution in [2.24, 2.45) is 0 Å². The highest BCUT2D eigenvalue weighted by Crippen LogP contribution is 2.34. The molecule has 0 unspecified atom stereocenters. The number of anilines is 1. The van der Waals surface area contributed by atoms with Gasteiger partial charge in [0.25, 0.3) is 5.91 Å². The van der Waals surface area contributed by atoms with E-state index in [4.69, 9.17) is 0 Å². The zero-order valence-corrected chi connectivity index (χ0v) is 9.30. The lowest BCUT2D eigenvalue weighted by molar-refractivity contribution is -0.137. The van der Waals surface area contributed by atoms with Gasteiger partial charge < -0.3 is 10.4 Å². The molecule has 3 nitrogen and oxygen atoms in total. The van der Waals surface area contributed by atoms with Gasteiger partial charge in [-0.15, -0.1) is 0 Å². The third-order valence-electron chi connectivity index (χ3n) is 2.04. The molecule has 0 radical (unpaired) electrons. The van der Waals surface area contributed by atoms with E-state index in [0.717, 1.165) is 12.1 Å². The van der Waals surface area contributed by atoms with E-state index < -0.39 is 23.2 Å². The Hall–Kier alpha value is -1.56. The smallest absolute Gasteiger partial charge is 0.381 e. The number of nitrogens with one attached hydrogen (secondary N) is 1. The van der Waals surface area contributed by atoms with E-state index in [1.165, 1.54) is 26.0 Å². The summed E-state index contributed by atoms with van der Waals surface area (Å²) in [6.07, 6.45) is -4.55. The number of hydrogen-bond acceptors (Lipinski definition) is 2. The van der Waals surface area contributed by atoms with Gasteiger partial charge in [-0.1, -0.05) is 12.1 Å². The molecule has 0 saturated heterocycles. The van der Waals surface area contributed by atoms with Gasteiger partial charge in [-0.3, -0.25) is 4.79 Å². The van der Waals surface area contributed by atoms with Gasteiger partial charge in [0, 0.05) is 0 Å². The molecule has 0 atom stereocenters. The van der Waals surface area contributed by atoms with Crippen LogP contribution in [0.5, 0.6) is 0 Å². The summed E-state index contributed by atoms with van der Waals surface area (Å²) >= 11 is 0. The van der Waals surface area contributed by atoms with Gasteiger partial charge in [-0.05, 0) is 26.0 Å². The Labute approximate surface area is 96.3 Å². The molecule has 0 aromatic heterocycles. The third kappa shape index (κ3) is 3.45. The lowest BCUT2D eigenvalue weighted by Crippen LogP contribution is -2.37. The number of amides is 1. The number of benzene rings is 1. The van der Waals surface area contributed by atoms with Gasteiger partial charge >= 0.3 is 6.18 Å². The predicted molar refractivity (Wildman–Crippen MR) is 56.4 cm³/mol. The monoisotopic (exact) mass is 247 g/mol. The van der Waals surface area contributed by atoms with E-state index >= 15 is 0 Å². The van der Waals surface area contributed by atoms with Crippen LogP contribution in [0.3, 0.4) is 0 Å². The second-order valence-corrected chi connectivity index (χ2v) is 4.06. The second kappa shape index (κ2) is 4.37. The van der Waals surface area contributed by atoms with Gasteiger partial charge in [-0.2, -0.15) is 13.2 Å². The maximum atomic E-state index is 12.6. The lowest BCUT2D eigenvalue weighted by atomic mass is 10.1. The largest absolute Gasteiger partial charge is 0.418 e. The van der Waals surface area contributed by atoms with Gasteiger partial charge in [0.15, 0.2) is 0 Å². The minimum absolute atomic E-state index is 0.368. The van der Waals surface area contributed by atoms with E-state index in [1.807, 2.05) is 5.32 Å². The molecule has 0 fully saturated rings. The SMILES string of the molecule is CC(C)(O)C(=O)Nc1ccccc1C(F)(F)F. The minimum atomic E-state index is -4.55. The van der Waals surface area contributed by atoms with Crippen molar-refractivity contribution in [1.29, 1.82) is 0 Å². The summed E-state index contributed by atoms with van der Waals surface area (Å²) in [6, 6.07) is 4.59. The van der Waals surface area contributed by atoms with E-state index in [9.17, 15) is 23.1 Å². The van der Waals surface area contributed by atoms with Crippen molar-refractivity contribution in [3.05, 3.63) is 29.8 Å².